The first-order valence-corrected chi connectivity index (χ1v) is 5.20. The lowest BCUT2D eigenvalue weighted by molar-refractivity contribution is 0.285. The Bertz CT molecular complexity index is 447. The van der Waals surface area contributed by atoms with Gasteiger partial charge in [0.25, 0.3) is 0 Å². The van der Waals surface area contributed by atoms with Crippen LogP contribution in [0.2, 0.25) is 5.02 Å². The molecule has 1 heterocycles. The highest BCUT2D eigenvalue weighted by atomic mass is 35.5. The normalized spacial score (nSPS) is 11.0. The van der Waals surface area contributed by atoms with Gasteiger partial charge in [-0.05, 0) is 24.6 Å². The highest BCUT2D eigenvalue weighted by Gasteiger charge is 2.05. The van der Waals surface area contributed by atoms with E-state index in [1.54, 1.807) is 11.3 Å². The maximum Gasteiger partial charge on any atom is 0.0774 e. The van der Waals surface area contributed by atoms with Crippen LogP contribution in [-0.4, -0.2) is 5.11 Å². The summed E-state index contributed by atoms with van der Waals surface area (Å²) in [6, 6.07) is 6.00. The van der Waals surface area contributed by atoms with Crippen molar-refractivity contribution in [3.63, 3.8) is 0 Å². The second kappa shape index (κ2) is 3.29. The van der Waals surface area contributed by atoms with Gasteiger partial charge >= 0.3 is 0 Å². The number of hydrogen-bond donors (Lipinski definition) is 1. The Morgan fingerprint density at radius 3 is 2.92 bits per heavy atom. The van der Waals surface area contributed by atoms with E-state index in [-0.39, 0.29) is 6.61 Å². The molecule has 1 aromatic heterocycles. The van der Waals surface area contributed by atoms with Crippen LogP contribution in [-0.2, 0) is 6.61 Å². The molecule has 1 nitrogen and oxygen atoms in total. The molecule has 1 aromatic carbocycles. The molecule has 0 bridgehead atoms. The summed E-state index contributed by atoms with van der Waals surface area (Å²) in [6.45, 7) is 2.08. The average molecular weight is 213 g/mol. The summed E-state index contributed by atoms with van der Waals surface area (Å²) in [7, 11) is 0. The van der Waals surface area contributed by atoms with Gasteiger partial charge in [0.15, 0.2) is 0 Å². The smallest absolute Gasteiger partial charge is 0.0774 e. The molecule has 0 aliphatic rings. The summed E-state index contributed by atoms with van der Waals surface area (Å²) in [6.07, 6.45) is 0. The van der Waals surface area contributed by atoms with Crippen molar-refractivity contribution in [2.45, 2.75) is 13.5 Å². The zero-order chi connectivity index (χ0) is 9.42. The van der Waals surface area contributed by atoms with Crippen LogP contribution in [0.3, 0.4) is 0 Å². The predicted octanol–water partition coefficient (Wildman–Crippen LogP) is 3.36. The van der Waals surface area contributed by atoms with Crippen LogP contribution in [0.25, 0.3) is 10.1 Å². The molecule has 0 fully saturated rings. The Hall–Kier alpha value is -0.570. The third kappa shape index (κ3) is 1.46. The summed E-state index contributed by atoms with van der Waals surface area (Å²) >= 11 is 7.71. The SMILES string of the molecule is Cc1ccc2sc(CO)cc2c1Cl. The second-order valence-electron chi connectivity index (χ2n) is 2.98. The fourth-order valence-electron chi connectivity index (χ4n) is 1.32. The summed E-state index contributed by atoms with van der Waals surface area (Å²) in [5.74, 6) is 0. The van der Waals surface area contributed by atoms with Gasteiger partial charge in [-0.1, -0.05) is 17.7 Å². The number of fused-ring (bicyclic) bond motifs is 1. The van der Waals surface area contributed by atoms with Gasteiger partial charge in [0, 0.05) is 15.0 Å². The summed E-state index contributed by atoms with van der Waals surface area (Å²) in [5, 5.41) is 10.8. The van der Waals surface area contributed by atoms with E-state index in [2.05, 4.69) is 0 Å². The first kappa shape index (κ1) is 9.00. The zero-order valence-electron chi connectivity index (χ0n) is 7.17. The van der Waals surface area contributed by atoms with Crippen molar-refractivity contribution in [3.05, 3.63) is 33.7 Å². The number of aliphatic hydroxyl groups excluding tert-OH is 1. The van der Waals surface area contributed by atoms with Gasteiger partial charge in [-0.25, -0.2) is 0 Å². The van der Waals surface area contributed by atoms with Crippen molar-refractivity contribution in [3.8, 4) is 0 Å². The molecule has 13 heavy (non-hydrogen) atoms. The van der Waals surface area contributed by atoms with Crippen molar-refractivity contribution in [2.75, 3.05) is 0 Å². The van der Waals surface area contributed by atoms with Crippen molar-refractivity contribution < 1.29 is 5.11 Å². The lowest BCUT2D eigenvalue weighted by Crippen LogP contribution is -1.74. The first-order chi connectivity index (χ1) is 6.22. The van der Waals surface area contributed by atoms with E-state index < -0.39 is 0 Å². The van der Waals surface area contributed by atoms with E-state index in [0.29, 0.717) is 0 Å². The van der Waals surface area contributed by atoms with Gasteiger partial charge in [0.05, 0.1) is 11.6 Å². The monoisotopic (exact) mass is 212 g/mol. The fourth-order valence-corrected chi connectivity index (χ4v) is 2.52. The molecular weight excluding hydrogens is 204 g/mol. The highest BCUT2D eigenvalue weighted by Crippen LogP contribution is 2.33. The number of aryl methyl sites for hydroxylation is 1. The predicted molar refractivity (Wildman–Crippen MR) is 57.5 cm³/mol. The van der Waals surface area contributed by atoms with Crippen LogP contribution < -0.4 is 0 Å². The van der Waals surface area contributed by atoms with Gasteiger partial charge in [0.1, 0.15) is 0 Å². The van der Waals surface area contributed by atoms with Crippen molar-refractivity contribution >= 4 is 33.0 Å². The molecular formula is C10H9ClOS. The van der Waals surface area contributed by atoms with E-state index in [9.17, 15) is 0 Å². The molecule has 1 N–H and O–H groups in total. The number of benzene rings is 1. The first-order valence-electron chi connectivity index (χ1n) is 4.01. The Labute approximate surface area is 85.6 Å². The molecule has 0 amide bonds. The van der Waals surface area contributed by atoms with Gasteiger partial charge in [-0.3, -0.25) is 0 Å². The van der Waals surface area contributed by atoms with Crippen molar-refractivity contribution in [1.82, 2.24) is 0 Å². The van der Waals surface area contributed by atoms with E-state index in [0.717, 1.165) is 25.5 Å². The maximum atomic E-state index is 8.97. The number of halogens is 1. The Morgan fingerprint density at radius 2 is 2.23 bits per heavy atom. The van der Waals surface area contributed by atoms with Crippen LogP contribution in [0.5, 0.6) is 0 Å². The van der Waals surface area contributed by atoms with Gasteiger partial charge in [-0.15, -0.1) is 11.3 Å². The molecule has 0 aliphatic carbocycles. The van der Waals surface area contributed by atoms with E-state index in [4.69, 9.17) is 16.7 Å². The Balaban J connectivity index is 2.76. The topological polar surface area (TPSA) is 20.2 Å². The Morgan fingerprint density at radius 1 is 1.46 bits per heavy atom. The largest absolute Gasteiger partial charge is 0.391 e. The highest BCUT2D eigenvalue weighted by molar-refractivity contribution is 7.19. The minimum atomic E-state index is 0.0920. The number of rotatable bonds is 1. The van der Waals surface area contributed by atoms with Crippen LogP contribution >= 0.6 is 22.9 Å². The quantitative estimate of drug-likeness (QED) is 0.769. The summed E-state index contributed by atoms with van der Waals surface area (Å²) in [4.78, 5) is 0.961. The molecule has 0 radical (unpaired) electrons. The molecule has 0 spiro atoms. The molecule has 3 heteroatoms. The van der Waals surface area contributed by atoms with E-state index >= 15 is 0 Å². The van der Waals surface area contributed by atoms with E-state index in [1.165, 1.54) is 0 Å². The molecule has 0 saturated carbocycles. The standard InChI is InChI=1S/C10H9ClOS/c1-6-2-3-9-8(10(6)11)4-7(5-12)13-9/h2-4,12H,5H2,1H3. The zero-order valence-corrected chi connectivity index (χ0v) is 8.75. The third-order valence-electron chi connectivity index (χ3n) is 2.04. The number of hydrogen-bond acceptors (Lipinski definition) is 2. The molecule has 2 rings (SSSR count). The molecule has 2 aromatic rings. The maximum absolute atomic E-state index is 8.97. The van der Waals surface area contributed by atoms with E-state index in [1.807, 2.05) is 25.1 Å². The summed E-state index contributed by atoms with van der Waals surface area (Å²) < 4.78 is 1.14. The Kier molecular flexibility index (Phi) is 2.28. The van der Waals surface area contributed by atoms with Gasteiger partial charge in [-0.2, -0.15) is 0 Å². The molecule has 0 aliphatic heterocycles. The minimum Gasteiger partial charge on any atom is -0.391 e. The fraction of sp³-hybridized carbons (Fsp3) is 0.200. The van der Waals surface area contributed by atoms with Crippen LogP contribution in [0, 0.1) is 6.92 Å². The summed E-state index contributed by atoms with van der Waals surface area (Å²) in [5.41, 5.74) is 1.08. The second-order valence-corrected chi connectivity index (χ2v) is 4.53. The lowest BCUT2D eigenvalue weighted by Gasteiger charge is -1.97. The number of thiophene rings is 1. The molecule has 68 valence electrons. The van der Waals surface area contributed by atoms with Crippen molar-refractivity contribution in [2.24, 2.45) is 0 Å². The minimum absolute atomic E-state index is 0.0920. The molecule has 0 saturated heterocycles. The van der Waals surface area contributed by atoms with Crippen LogP contribution in [0.4, 0.5) is 0 Å². The molecule has 0 atom stereocenters. The average Bonchev–Trinajstić information content (AvgIpc) is 2.55. The molecule has 0 unspecified atom stereocenters. The van der Waals surface area contributed by atoms with Crippen molar-refractivity contribution in [1.29, 1.82) is 0 Å². The van der Waals surface area contributed by atoms with Crippen LogP contribution in [0.1, 0.15) is 10.4 Å². The van der Waals surface area contributed by atoms with Gasteiger partial charge < -0.3 is 5.11 Å². The van der Waals surface area contributed by atoms with Gasteiger partial charge in [0.2, 0.25) is 0 Å². The lowest BCUT2D eigenvalue weighted by atomic mass is 10.2. The van der Waals surface area contributed by atoms with Crippen LogP contribution in [0.15, 0.2) is 18.2 Å². The third-order valence-corrected chi connectivity index (χ3v) is 3.62. The number of aliphatic hydroxyl groups is 1.